The summed E-state index contributed by atoms with van der Waals surface area (Å²) in [7, 11) is 8.27. The average molecular weight is 610 g/mol. The number of ether oxygens (including phenoxy) is 8. The van der Waals surface area contributed by atoms with E-state index in [2.05, 4.69) is 20.8 Å². The summed E-state index contributed by atoms with van der Waals surface area (Å²) >= 11 is 0. The number of benzene rings is 1. The van der Waals surface area contributed by atoms with Gasteiger partial charge >= 0.3 is 0 Å². The summed E-state index contributed by atoms with van der Waals surface area (Å²) in [6, 6.07) is 5.72. The minimum absolute atomic E-state index is 0.0160. The summed E-state index contributed by atoms with van der Waals surface area (Å²) in [5.74, 6) is 1.91. The van der Waals surface area contributed by atoms with Crippen LogP contribution < -0.4 is 9.47 Å². The standard InChI is InChI=1S/C34H57O9/c1-11-12-28(36-6)24(4)27(35)19-31(38-8)22(2)13-15-29(25(5)34-23(3)17-33(40-10)43-34)42-21-41-20-26-14-16-30(37-7)32(18-26)39-9/h1,11,14,16,18,22-25,27-29,31,33-35H,12-13,15,17,19-21H2,2-10H3/t22-,23+,24+,25-,27-,28-,29+,31-,33?,34+/m0/s1. The number of methoxy groups -OCH3 is 5. The fourth-order valence-corrected chi connectivity index (χ4v) is 6.11. The largest absolute Gasteiger partial charge is 0.493 e. The van der Waals surface area contributed by atoms with Gasteiger partial charge in [-0.15, -0.1) is 0 Å². The van der Waals surface area contributed by atoms with Crippen LogP contribution in [0.5, 0.6) is 11.5 Å². The molecule has 9 nitrogen and oxygen atoms in total. The number of hydrogen-bond donors (Lipinski definition) is 1. The quantitative estimate of drug-likeness (QED) is 0.129. The Balaban J connectivity index is 2.03. The summed E-state index contributed by atoms with van der Waals surface area (Å²) in [5.41, 5.74) is 0.964. The van der Waals surface area contributed by atoms with Crippen molar-refractivity contribution in [3.8, 4) is 11.5 Å². The van der Waals surface area contributed by atoms with E-state index in [1.165, 1.54) is 0 Å². The van der Waals surface area contributed by atoms with E-state index >= 15 is 0 Å². The number of rotatable bonds is 22. The van der Waals surface area contributed by atoms with Crippen LogP contribution in [0.4, 0.5) is 0 Å². The van der Waals surface area contributed by atoms with Gasteiger partial charge in [-0.1, -0.05) is 46.4 Å². The third-order valence-corrected chi connectivity index (χ3v) is 9.07. The van der Waals surface area contributed by atoms with Crippen LogP contribution in [0.3, 0.4) is 0 Å². The van der Waals surface area contributed by atoms with Crippen LogP contribution in [0.15, 0.2) is 24.3 Å². The highest BCUT2D eigenvalue weighted by Gasteiger charge is 2.39. The lowest BCUT2D eigenvalue weighted by Gasteiger charge is -2.33. The van der Waals surface area contributed by atoms with E-state index in [9.17, 15) is 5.11 Å². The Morgan fingerprint density at radius 2 is 1.67 bits per heavy atom. The van der Waals surface area contributed by atoms with Crippen molar-refractivity contribution in [2.24, 2.45) is 23.7 Å². The van der Waals surface area contributed by atoms with Crippen molar-refractivity contribution in [3.63, 3.8) is 0 Å². The number of hydrogen-bond acceptors (Lipinski definition) is 9. The van der Waals surface area contributed by atoms with Crippen molar-refractivity contribution >= 4 is 0 Å². The van der Waals surface area contributed by atoms with Crippen molar-refractivity contribution in [2.45, 2.75) is 103 Å². The first-order valence-electron chi connectivity index (χ1n) is 15.5. The van der Waals surface area contributed by atoms with Crippen molar-refractivity contribution in [2.75, 3.05) is 42.3 Å². The van der Waals surface area contributed by atoms with Gasteiger partial charge in [-0.05, 0) is 48.8 Å². The summed E-state index contributed by atoms with van der Waals surface area (Å²) in [6.45, 7) is 14.7. The molecule has 1 aliphatic heterocycles. The maximum Gasteiger partial charge on any atom is 0.161 e. The normalized spacial score (nSPS) is 23.6. The Hall–Kier alpha value is -1.72. The van der Waals surface area contributed by atoms with E-state index in [0.29, 0.717) is 36.9 Å². The predicted molar refractivity (Wildman–Crippen MR) is 166 cm³/mol. The Morgan fingerprint density at radius 1 is 0.977 bits per heavy atom. The maximum absolute atomic E-state index is 11.0. The molecule has 247 valence electrons. The van der Waals surface area contributed by atoms with Gasteiger partial charge in [0, 0.05) is 46.0 Å². The molecule has 0 aromatic heterocycles. The summed E-state index contributed by atoms with van der Waals surface area (Å²) in [5, 5.41) is 11.0. The molecule has 43 heavy (non-hydrogen) atoms. The molecule has 0 aliphatic carbocycles. The molecular weight excluding hydrogens is 552 g/mol. The van der Waals surface area contributed by atoms with Gasteiger partial charge in [0.1, 0.15) is 6.79 Å². The highest BCUT2D eigenvalue weighted by Crippen LogP contribution is 2.35. The second kappa shape index (κ2) is 19.6. The van der Waals surface area contributed by atoms with Gasteiger partial charge in [0.2, 0.25) is 0 Å². The second-order valence-corrected chi connectivity index (χ2v) is 11.9. The zero-order valence-electron chi connectivity index (χ0n) is 27.8. The van der Waals surface area contributed by atoms with Gasteiger partial charge in [0.25, 0.3) is 0 Å². The van der Waals surface area contributed by atoms with Gasteiger partial charge < -0.3 is 43.0 Å². The molecule has 0 saturated carbocycles. The lowest BCUT2D eigenvalue weighted by Crippen LogP contribution is -2.37. The van der Waals surface area contributed by atoms with Crippen LogP contribution in [0.2, 0.25) is 0 Å². The summed E-state index contributed by atoms with van der Waals surface area (Å²) in [4.78, 5) is 0. The summed E-state index contributed by atoms with van der Waals surface area (Å²) < 4.78 is 46.2. The van der Waals surface area contributed by atoms with Crippen LogP contribution >= 0.6 is 0 Å². The second-order valence-electron chi connectivity index (χ2n) is 11.9. The van der Waals surface area contributed by atoms with Crippen LogP contribution in [0, 0.1) is 30.3 Å². The molecule has 0 amide bonds. The molecule has 1 saturated heterocycles. The molecule has 2 rings (SSSR count). The first-order chi connectivity index (χ1) is 20.6. The van der Waals surface area contributed by atoms with Crippen LogP contribution in [0.1, 0.15) is 65.4 Å². The molecule has 0 bridgehead atoms. The minimum atomic E-state index is -0.577. The van der Waals surface area contributed by atoms with E-state index in [4.69, 9.17) is 44.5 Å². The smallest absolute Gasteiger partial charge is 0.161 e. The van der Waals surface area contributed by atoms with Crippen LogP contribution in [0.25, 0.3) is 0 Å². The molecule has 0 spiro atoms. The zero-order valence-corrected chi connectivity index (χ0v) is 27.8. The van der Waals surface area contributed by atoms with E-state index in [0.717, 1.165) is 24.8 Å². The number of aliphatic hydroxyl groups excluding tert-OH is 1. The SMILES string of the molecule is [CH]=CC[C@H](OC)[C@H](C)[C@@H](O)C[C@H](OC)[C@@H](C)CC[C@@H](OCOCc1ccc(OC)c(OC)c1)[C@H](C)[C@@H]1OC(OC)C[C@H]1C. The van der Waals surface area contributed by atoms with Crippen LogP contribution in [-0.4, -0.2) is 84.3 Å². The Kier molecular flexibility index (Phi) is 17.1. The van der Waals surface area contributed by atoms with E-state index in [1.807, 2.05) is 25.1 Å². The molecule has 1 heterocycles. The lowest BCUT2D eigenvalue weighted by molar-refractivity contribution is -0.162. The minimum Gasteiger partial charge on any atom is -0.493 e. The Morgan fingerprint density at radius 3 is 2.26 bits per heavy atom. The maximum atomic E-state index is 11.0. The van der Waals surface area contributed by atoms with Crippen LogP contribution in [-0.2, 0) is 35.0 Å². The molecule has 1 unspecified atom stereocenters. The first-order valence-corrected chi connectivity index (χ1v) is 15.5. The molecule has 1 fully saturated rings. The van der Waals surface area contributed by atoms with Gasteiger partial charge in [-0.3, -0.25) is 0 Å². The van der Waals surface area contributed by atoms with Crippen molar-refractivity contribution < 1.29 is 43.0 Å². The Labute approximate surface area is 260 Å². The van der Waals surface area contributed by atoms with Crippen molar-refractivity contribution in [1.82, 2.24) is 0 Å². The third kappa shape index (κ3) is 11.3. The number of aliphatic hydroxyl groups is 1. The average Bonchev–Trinajstić information content (AvgIpc) is 3.41. The van der Waals surface area contributed by atoms with Crippen molar-refractivity contribution in [1.29, 1.82) is 0 Å². The highest BCUT2D eigenvalue weighted by atomic mass is 16.7. The van der Waals surface area contributed by atoms with E-state index in [-0.39, 0.29) is 55.3 Å². The fraction of sp³-hybridized carbons (Fsp3) is 0.765. The Bertz CT molecular complexity index is 912. The molecule has 1 radical (unpaired) electrons. The monoisotopic (exact) mass is 609 g/mol. The van der Waals surface area contributed by atoms with Gasteiger partial charge in [-0.25, -0.2) is 0 Å². The zero-order chi connectivity index (χ0) is 31.9. The molecule has 10 atom stereocenters. The molecule has 1 aliphatic rings. The predicted octanol–water partition coefficient (Wildman–Crippen LogP) is 5.81. The van der Waals surface area contributed by atoms with E-state index in [1.54, 1.807) is 41.6 Å². The van der Waals surface area contributed by atoms with Gasteiger partial charge in [0.15, 0.2) is 17.8 Å². The topological polar surface area (TPSA) is 94.1 Å². The van der Waals surface area contributed by atoms with E-state index < -0.39 is 6.10 Å². The molecule has 1 aromatic rings. The van der Waals surface area contributed by atoms with Gasteiger partial charge in [-0.2, -0.15) is 0 Å². The third-order valence-electron chi connectivity index (χ3n) is 9.07. The highest BCUT2D eigenvalue weighted by molar-refractivity contribution is 5.42. The molecule has 1 aromatic carbocycles. The summed E-state index contributed by atoms with van der Waals surface area (Å²) in [6.07, 6.45) is 4.05. The molecule has 9 heteroatoms. The molecule has 1 N–H and O–H groups in total. The fourth-order valence-electron chi connectivity index (χ4n) is 6.11. The first kappa shape index (κ1) is 37.5. The van der Waals surface area contributed by atoms with Gasteiger partial charge in [0.05, 0.1) is 51.3 Å². The molecular formula is C34H57O9. The van der Waals surface area contributed by atoms with Crippen molar-refractivity contribution in [3.05, 3.63) is 36.4 Å². The lowest BCUT2D eigenvalue weighted by atomic mass is 9.84.